The predicted octanol–water partition coefficient (Wildman–Crippen LogP) is 2.86. The molecular formula is C19H30N2O3S2. The first-order valence-corrected chi connectivity index (χ1v) is 11.9. The summed E-state index contributed by atoms with van der Waals surface area (Å²) in [6, 6.07) is 6.96. The lowest BCUT2D eigenvalue weighted by atomic mass is 9.96. The molecular weight excluding hydrogens is 368 g/mol. The number of carbonyl (C=O) groups excluding carboxylic acids is 1. The van der Waals surface area contributed by atoms with Crippen LogP contribution in [0.25, 0.3) is 0 Å². The molecule has 2 rings (SSSR count). The number of carbonyl (C=O) groups is 1. The molecule has 1 aliphatic heterocycles. The molecule has 1 amide bonds. The van der Waals surface area contributed by atoms with Crippen molar-refractivity contribution >= 4 is 27.5 Å². The van der Waals surface area contributed by atoms with Gasteiger partial charge in [-0.15, -0.1) is 11.8 Å². The number of hydrogen-bond acceptors (Lipinski definition) is 5. The monoisotopic (exact) mass is 398 g/mol. The molecule has 0 aromatic heterocycles. The van der Waals surface area contributed by atoms with E-state index in [9.17, 15) is 13.2 Å². The van der Waals surface area contributed by atoms with Crippen LogP contribution in [0.2, 0.25) is 0 Å². The number of amides is 1. The molecule has 0 aliphatic carbocycles. The zero-order valence-corrected chi connectivity index (χ0v) is 17.3. The van der Waals surface area contributed by atoms with Crippen LogP contribution in [0.1, 0.15) is 39.5 Å². The minimum atomic E-state index is -3.30. The normalized spacial score (nSPS) is 19.1. The number of nitrogens with one attached hydrogen (secondary N) is 2. The molecule has 1 saturated heterocycles. The van der Waals surface area contributed by atoms with Crippen molar-refractivity contribution < 1.29 is 13.2 Å². The number of benzene rings is 1. The third-order valence-corrected chi connectivity index (χ3v) is 7.86. The van der Waals surface area contributed by atoms with Crippen LogP contribution in [-0.4, -0.2) is 45.0 Å². The Labute approximate surface area is 161 Å². The molecule has 2 atom stereocenters. The minimum absolute atomic E-state index is 0.0403. The van der Waals surface area contributed by atoms with Crippen molar-refractivity contribution in [2.45, 2.75) is 54.6 Å². The Hall–Kier alpha value is -1.05. The van der Waals surface area contributed by atoms with Crippen LogP contribution in [0, 0.1) is 5.92 Å². The van der Waals surface area contributed by atoms with Gasteiger partial charge in [-0.1, -0.05) is 19.1 Å². The van der Waals surface area contributed by atoms with Crippen molar-refractivity contribution in [1.82, 2.24) is 10.6 Å². The summed E-state index contributed by atoms with van der Waals surface area (Å²) in [5.41, 5.74) is 0. The topological polar surface area (TPSA) is 75.3 Å². The molecule has 146 valence electrons. The molecule has 2 unspecified atom stereocenters. The highest BCUT2D eigenvalue weighted by atomic mass is 32.2. The van der Waals surface area contributed by atoms with Gasteiger partial charge in [-0.25, -0.2) is 8.42 Å². The number of sulfone groups is 1. The van der Waals surface area contributed by atoms with Gasteiger partial charge in [0, 0.05) is 11.4 Å². The van der Waals surface area contributed by atoms with Crippen molar-refractivity contribution in [3.05, 3.63) is 24.3 Å². The van der Waals surface area contributed by atoms with Crippen LogP contribution in [0.15, 0.2) is 34.1 Å². The first-order valence-electron chi connectivity index (χ1n) is 9.41. The fraction of sp³-hybridized carbons (Fsp3) is 0.632. The lowest BCUT2D eigenvalue weighted by Crippen LogP contribution is -2.35. The summed E-state index contributed by atoms with van der Waals surface area (Å²) in [6.45, 7) is 6.47. The largest absolute Gasteiger partial charge is 0.355 e. The number of thioether (sulfide) groups is 1. The van der Waals surface area contributed by atoms with Crippen LogP contribution in [0.3, 0.4) is 0 Å². The van der Waals surface area contributed by atoms with Crippen molar-refractivity contribution in [2.75, 3.05) is 25.4 Å². The van der Waals surface area contributed by atoms with Crippen LogP contribution >= 0.6 is 11.8 Å². The molecule has 0 bridgehead atoms. The molecule has 1 fully saturated rings. The van der Waals surface area contributed by atoms with Gasteiger partial charge in [-0.3, -0.25) is 4.79 Å². The van der Waals surface area contributed by atoms with Gasteiger partial charge in [0.2, 0.25) is 5.91 Å². The van der Waals surface area contributed by atoms with E-state index in [4.69, 9.17) is 0 Å². The van der Waals surface area contributed by atoms with Crippen LogP contribution in [0.4, 0.5) is 0 Å². The SMILES string of the molecule is CCCS(=O)(=O)c1ccccc1SC(C)C(=O)NCCC1CCCNC1. The van der Waals surface area contributed by atoms with Crippen LogP contribution < -0.4 is 10.6 Å². The number of hydrogen-bond donors (Lipinski definition) is 2. The zero-order chi connectivity index (χ0) is 19.0. The van der Waals surface area contributed by atoms with E-state index in [0.29, 0.717) is 28.7 Å². The lowest BCUT2D eigenvalue weighted by Gasteiger charge is -2.23. The Morgan fingerprint density at radius 3 is 2.85 bits per heavy atom. The molecule has 1 aromatic rings. The maximum absolute atomic E-state index is 12.4. The van der Waals surface area contributed by atoms with Gasteiger partial charge in [-0.05, 0) is 63.7 Å². The molecule has 5 nitrogen and oxygen atoms in total. The first kappa shape index (κ1) is 21.3. The summed E-state index contributed by atoms with van der Waals surface area (Å²) in [5.74, 6) is 0.717. The van der Waals surface area contributed by atoms with Crippen molar-refractivity contribution in [1.29, 1.82) is 0 Å². The van der Waals surface area contributed by atoms with Gasteiger partial charge >= 0.3 is 0 Å². The second kappa shape index (κ2) is 10.3. The number of rotatable bonds is 9. The summed E-state index contributed by atoms with van der Waals surface area (Å²) in [7, 11) is -3.30. The van der Waals surface area contributed by atoms with E-state index >= 15 is 0 Å². The Balaban J connectivity index is 1.90. The van der Waals surface area contributed by atoms with Crippen molar-refractivity contribution in [3.63, 3.8) is 0 Å². The van der Waals surface area contributed by atoms with Gasteiger partial charge < -0.3 is 10.6 Å². The lowest BCUT2D eigenvalue weighted by molar-refractivity contribution is -0.120. The van der Waals surface area contributed by atoms with Gasteiger partial charge in [0.15, 0.2) is 9.84 Å². The van der Waals surface area contributed by atoms with Crippen molar-refractivity contribution in [2.24, 2.45) is 5.92 Å². The van der Waals surface area contributed by atoms with Gasteiger partial charge in [0.05, 0.1) is 15.9 Å². The smallest absolute Gasteiger partial charge is 0.233 e. The summed E-state index contributed by atoms with van der Waals surface area (Å²) in [4.78, 5) is 13.4. The average molecular weight is 399 g/mol. The van der Waals surface area contributed by atoms with E-state index in [0.717, 1.165) is 19.5 Å². The van der Waals surface area contributed by atoms with Crippen LogP contribution in [0.5, 0.6) is 0 Å². The summed E-state index contributed by atoms with van der Waals surface area (Å²) < 4.78 is 24.9. The average Bonchev–Trinajstić information content (AvgIpc) is 2.62. The zero-order valence-electron chi connectivity index (χ0n) is 15.7. The molecule has 0 radical (unpaired) electrons. The highest BCUT2D eigenvalue weighted by Crippen LogP contribution is 2.30. The Kier molecular flexibility index (Phi) is 8.44. The molecule has 1 heterocycles. The maximum Gasteiger partial charge on any atom is 0.233 e. The highest BCUT2D eigenvalue weighted by molar-refractivity contribution is 8.01. The summed E-state index contributed by atoms with van der Waals surface area (Å²) in [5, 5.41) is 6.05. The van der Waals surface area contributed by atoms with E-state index in [2.05, 4.69) is 10.6 Å². The summed E-state index contributed by atoms with van der Waals surface area (Å²) in [6.07, 6.45) is 3.98. The second-order valence-corrected chi connectivity index (χ2v) is 10.3. The maximum atomic E-state index is 12.4. The van der Waals surface area contributed by atoms with E-state index in [-0.39, 0.29) is 16.9 Å². The van der Waals surface area contributed by atoms with E-state index in [1.165, 1.54) is 24.6 Å². The van der Waals surface area contributed by atoms with Crippen molar-refractivity contribution in [3.8, 4) is 0 Å². The molecule has 7 heteroatoms. The molecule has 1 aliphatic rings. The third-order valence-electron chi connectivity index (χ3n) is 4.58. The second-order valence-electron chi connectivity index (χ2n) is 6.82. The fourth-order valence-electron chi connectivity index (χ4n) is 3.14. The highest BCUT2D eigenvalue weighted by Gasteiger charge is 2.22. The molecule has 1 aromatic carbocycles. The van der Waals surface area contributed by atoms with E-state index < -0.39 is 9.84 Å². The van der Waals surface area contributed by atoms with Gasteiger partial charge in [0.25, 0.3) is 0 Å². The first-order chi connectivity index (χ1) is 12.4. The Bertz CT molecular complexity index is 686. The predicted molar refractivity (Wildman–Crippen MR) is 107 cm³/mol. The Morgan fingerprint density at radius 2 is 2.15 bits per heavy atom. The number of piperidine rings is 1. The Morgan fingerprint density at radius 1 is 1.38 bits per heavy atom. The molecule has 2 N–H and O–H groups in total. The summed E-state index contributed by atoms with van der Waals surface area (Å²) >= 11 is 1.31. The molecule has 0 spiro atoms. The minimum Gasteiger partial charge on any atom is -0.355 e. The van der Waals surface area contributed by atoms with Gasteiger partial charge in [-0.2, -0.15) is 0 Å². The van der Waals surface area contributed by atoms with E-state index in [1.54, 1.807) is 18.2 Å². The molecule has 26 heavy (non-hydrogen) atoms. The quantitative estimate of drug-likeness (QED) is 0.626. The molecule has 0 saturated carbocycles. The third kappa shape index (κ3) is 6.28. The fourth-order valence-corrected chi connectivity index (χ4v) is 6.00. The standard InChI is InChI=1S/C19H30N2O3S2/c1-3-13-26(23,24)18-9-5-4-8-17(18)25-15(2)19(22)21-12-10-16-7-6-11-20-14-16/h4-5,8-9,15-16,20H,3,6-7,10-14H2,1-2H3,(H,21,22). The van der Waals surface area contributed by atoms with Crippen LogP contribution in [-0.2, 0) is 14.6 Å². The van der Waals surface area contributed by atoms with Gasteiger partial charge in [0.1, 0.15) is 0 Å². The van der Waals surface area contributed by atoms with E-state index in [1.807, 2.05) is 19.9 Å².